The molecule has 0 aliphatic carbocycles. The van der Waals surface area contributed by atoms with E-state index in [1.165, 1.54) is 12.1 Å². The van der Waals surface area contributed by atoms with Gasteiger partial charge in [0.25, 0.3) is 0 Å². The molecule has 0 aliphatic heterocycles. The highest BCUT2D eigenvalue weighted by molar-refractivity contribution is 5.37. The second-order valence-corrected chi connectivity index (χ2v) is 4.80. The van der Waals surface area contributed by atoms with Gasteiger partial charge < -0.3 is 14.8 Å². The van der Waals surface area contributed by atoms with Gasteiger partial charge in [-0.3, -0.25) is 0 Å². The summed E-state index contributed by atoms with van der Waals surface area (Å²) in [7, 11) is 3.23. The van der Waals surface area contributed by atoms with Crippen LogP contribution < -0.4 is 10.1 Å². The molecule has 2 atom stereocenters. The highest BCUT2D eigenvalue weighted by Gasteiger charge is 2.34. The largest absolute Gasteiger partial charge is 0.573 e. The molecule has 0 fully saturated rings. The number of hydrogen-bond donors (Lipinski definition) is 1. The van der Waals surface area contributed by atoms with Crippen molar-refractivity contribution < 1.29 is 22.6 Å². The zero-order valence-electron chi connectivity index (χ0n) is 12.0. The van der Waals surface area contributed by atoms with Gasteiger partial charge in [0.1, 0.15) is 5.75 Å². The van der Waals surface area contributed by atoms with E-state index in [0.717, 1.165) is 0 Å². The normalized spacial score (nSPS) is 15.2. The molecule has 20 heavy (non-hydrogen) atoms. The molecule has 6 heteroatoms. The molecular weight excluding hydrogens is 271 g/mol. The summed E-state index contributed by atoms with van der Waals surface area (Å²) in [5.74, 6) is -0.0709. The van der Waals surface area contributed by atoms with Crippen molar-refractivity contribution in [3.05, 3.63) is 29.8 Å². The summed E-state index contributed by atoms with van der Waals surface area (Å²) in [6.45, 7) is 3.90. The number of nitrogens with one attached hydrogen (secondary N) is 1. The smallest absolute Gasteiger partial charge is 0.405 e. The molecule has 1 aromatic rings. The van der Waals surface area contributed by atoms with Crippen LogP contribution in [0.3, 0.4) is 0 Å². The first-order chi connectivity index (χ1) is 9.30. The predicted molar refractivity (Wildman–Crippen MR) is 70.6 cm³/mol. The van der Waals surface area contributed by atoms with Crippen LogP contribution >= 0.6 is 0 Å². The van der Waals surface area contributed by atoms with E-state index in [1.807, 2.05) is 13.8 Å². The van der Waals surface area contributed by atoms with Crippen molar-refractivity contribution in [2.24, 2.45) is 5.92 Å². The number of para-hydroxylation sites is 1. The second kappa shape index (κ2) is 6.95. The molecule has 0 heterocycles. The maximum atomic E-state index is 12.5. The molecule has 0 saturated carbocycles. The molecule has 0 aromatic heterocycles. The lowest BCUT2D eigenvalue weighted by molar-refractivity contribution is -0.275. The average Bonchev–Trinajstić information content (AvgIpc) is 2.34. The first-order valence-corrected chi connectivity index (χ1v) is 6.35. The van der Waals surface area contributed by atoms with Gasteiger partial charge in [0, 0.05) is 12.7 Å². The van der Waals surface area contributed by atoms with Gasteiger partial charge in [0.05, 0.1) is 12.1 Å². The number of halogens is 3. The monoisotopic (exact) mass is 291 g/mol. The molecule has 0 amide bonds. The first-order valence-electron chi connectivity index (χ1n) is 6.35. The number of rotatable bonds is 6. The third kappa shape index (κ3) is 4.38. The van der Waals surface area contributed by atoms with E-state index < -0.39 is 12.4 Å². The minimum atomic E-state index is -4.71. The zero-order chi connectivity index (χ0) is 15.3. The lowest BCUT2D eigenvalue weighted by atomic mass is 9.93. The van der Waals surface area contributed by atoms with Crippen LogP contribution in [0.1, 0.15) is 25.5 Å². The van der Waals surface area contributed by atoms with E-state index in [4.69, 9.17) is 4.74 Å². The van der Waals surface area contributed by atoms with Crippen LogP contribution in [0.2, 0.25) is 0 Å². The summed E-state index contributed by atoms with van der Waals surface area (Å²) < 4.78 is 46.9. The van der Waals surface area contributed by atoms with Crippen molar-refractivity contribution in [2.75, 3.05) is 14.2 Å². The van der Waals surface area contributed by atoms with E-state index >= 15 is 0 Å². The molecule has 114 valence electrons. The Morgan fingerprint density at radius 2 is 1.75 bits per heavy atom. The number of likely N-dealkylation sites (N-methyl/N-ethyl adjacent to an activating group) is 1. The quantitative estimate of drug-likeness (QED) is 0.870. The van der Waals surface area contributed by atoms with Gasteiger partial charge in [-0.25, -0.2) is 0 Å². The molecule has 0 spiro atoms. The van der Waals surface area contributed by atoms with Crippen LogP contribution in [-0.2, 0) is 4.74 Å². The second-order valence-electron chi connectivity index (χ2n) is 4.80. The van der Waals surface area contributed by atoms with E-state index in [0.29, 0.717) is 5.56 Å². The van der Waals surface area contributed by atoms with Gasteiger partial charge in [0.2, 0.25) is 0 Å². The van der Waals surface area contributed by atoms with Gasteiger partial charge in [0.15, 0.2) is 0 Å². The van der Waals surface area contributed by atoms with Crippen LogP contribution in [0.5, 0.6) is 5.75 Å². The molecule has 1 N–H and O–H groups in total. The van der Waals surface area contributed by atoms with Crippen molar-refractivity contribution in [3.63, 3.8) is 0 Å². The summed E-state index contributed by atoms with van der Waals surface area (Å²) in [6.07, 6.45) is -4.98. The van der Waals surface area contributed by atoms with Crippen LogP contribution in [-0.4, -0.2) is 26.6 Å². The highest BCUT2D eigenvalue weighted by Crippen LogP contribution is 2.33. The maximum absolute atomic E-state index is 12.5. The summed E-state index contributed by atoms with van der Waals surface area (Å²) in [6, 6.07) is 5.71. The topological polar surface area (TPSA) is 30.5 Å². The van der Waals surface area contributed by atoms with Crippen LogP contribution in [0.15, 0.2) is 24.3 Å². The molecule has 2 unspecified atom stereocenters. The summed E-state index contributed by atoms with van der Waals surface area (Å²) in [4.78, 5) is 0. The number of benzene rings is 1. The molecule has 0 saturated heterocycles. The van der Waals surface area contributed by atoms with E-state index in [2.05, 4.69) is 10.1 Å². The molecule has 0 radical (unpaired) electrons. The lowest BCUT2D eigenvalue weighted by Gasteiger charge is -2.30. The van der Waals surface area contributed by atoms with Crippen molar-refractivity contribution in [3.8, 4) is 5.75 Å². The Kier molecular flexibility index (Phi) is 5.83. The summed E-state index contributed by atoms with van der Waals surface area (Å²) in [5.41, 5.74) is 0.424. The maximum Gasteiger partial charge on any atom is 0.573 e. The molecule has 1 aromatic carbocycles. The van der Waals surface area contributed by atoms with Gasteiger partial charge in [-0.2, -0.15) is 0 Å². The fourth-order valence-corrected chi connectivity index (χ4v) is 2.24. The number of methoxy groups -OCH3 is 1. The van der Waals surface area contributed by atoms with Crippen molar-refractivity contribution >= 4 is 0 Å². The van der Waals surface area contributed by atoms with Crippen LogP contribution in [0.4, 0.5) is 13.2 Å². The molecule has 0 aliphatic rings. The summed E-state index contributed by atoms with van der Waals surface area (Å²) in [5, 5.41) is 3.00. The van der Waals surface area contributed by atoms with E-state index in [9.17, 15) is 13.2 Å². The Morgan fingerprint density at radius 1 is 1.15 bits per heavy atom. The molecule has 1 rings (SSSR count). The lowest BCUT2D eigenvalue weighted by Crippen LogP contribution is -2.35. The van der Waals surface area contributed by atoms with Crippen LogP contribution in [0, 0.1) is 5.92 Å². The highest BCUT2D eigenvalue weighted by atomic mass is 19.4. The molecule has 0 bridgehead atoms. The predicted octanol–water partition coefficient (Wildman–Crippen LogP) is 3.52. The van der Waals surface area contributed by atoms with Crippen molar-refractivity contribution in [1.29, 1.82) is 0 Å². The minimum Gasteiger partial charge on any atom is -0.405 e. The molecular formula is C14H20F3NO2. The van der Waals surface area contributed by atoms with Crippen molar-refractivity contribution in [2.45, 2.75) is 32.4 Å². The zero-order valence-corrected chi connectivity index (χ0v) is 12.0. The van der Waals surface area contributed by atoms with Gasteiger partial charge in [-0.15, -0.1) is 13.2 Å². The third-order valence-corrected chi connectivity index (χ3v) is 3.05. The standard InChI is InChI=1S/C14H20F3NO2/c1-9(2)13(19-4)12(18-3)10-7-5-6-8-11(10)20-14(15,16)17/h5-9,12-13,18H,1-4H3. The SMILES string of the molecule is CNC(c1ccccc1OC(F)(F)F)C(OC)C(C)C. The number of alkyl halides is 3. The Bertz CT molecular complexity index is 421. The Balaban J connectivity index is 3.15. The number of ether oxygens (including phenoxy) is 2. The van der Waals surface area contributed by atoms with Crippen LogP contribution in [0.25, 0.3) is 0 Å². The molecule has 3 nitrogen and oxygen atoms in total. The van der Waals surface area contributed by atoms with E-state index in [1.54, 1.807) is 26.3 Å². The summed E-state index contributed by atoms with van der Waals surface area (Å²) >= 11 is 0. The Hall–Kier alpha value is -1.27. The Labute approximate surface area is 117 Å². The first kappa shape index (κ1) is 16.8. The van der Waals surface area contributed by atoms with E-state index in [-0.39, 0.29) is 17.8 Å². The Morgan fingerprint density at radius 3 is 2.20 bits per heavy atom. The van der Waals surface area contributed by atoms with Gasteiger partial charge in [-0.05, 0) is 19.0 Å². The fraction of sp³-hybridized carbons (Fsp3) is 0.571. The number of hydrogen-bond acceptors (Lipinski definition) is 3. The van der Waals surface area contributed by atoms with Crippen molar-refractivity contribution in [1.82, 2.24) is 5.32 Å². The average molecular weight is 291 g/mol. The fourth-order valence-electron chi connectivity index (χ4n) is 2.24. The third-order valence-electron chi connectivity index (χ3n) is 3.05. The van der Waals surface area contributed by atoms with Gasteiger partial charge in [-0.1, -0.05) is 32.0 Å². The van der Waals surface area contributed by atoms with Gasteiger partial charge >= 0.3 is 6.36 Å². The minimum absolute atomic E-state index is 0.136.